The number of nitrogen functional groups attached to an aromatic ring is 1. The van der Waals surface area contributed by atoms with E-state index in [-0.39, 0.29) is 12.4 Å². The van der Waals surface area contributed by atoms with Crippen molar-refractivity contribution < 1.29 is 28.6 Å². The number of nitrogens with two attached hydrogens (primary N) is 1. The van der Waals surface area contributed by atoms with Crippen molar-refractivity contribution in [1.29, 1.82) is 0 Å². The molecule has 0 radical (unpaired) electrons. The van der Waals surface area contributed by atoms with Crippen molar-refractivity contribution in [1.82, 2.24) is 24.2 Å². The molecule has 0 bridgehead atoms. The minimum absolute atomic E-state index is 0.00699. The van der Waals surface area contributed by atoms with Crippen LogP contribution in [0.15, 0.2) is 70.6 Å². The van der Waals surface area contributed by atoms with Crippen molar-refractivity contribution in [2.45, 2.75) is 29.4 Å². The minimum Gasteiger partial charge on any atom is -0.490 e. The SMILES string of the molecule is CNSc1ccc(N2CCN(C)CC2)cc1-c1cc(OC[C@H]2O[C@@H](n3ccc(N)nc3=O)[C@H](O)[C@@H]2O[PH](=O)O)c2cccnc2c1. The third-order valence-electron chi connectivity index (χ3n) is 8.11. The Hall–Kier alpha value is -3.53. The van der Waals surface area contributed by atoms with Gasteiger partial charge in [0.25, 0.3) is 0 Å². The second kappa shape index (κ2) is 14.1. The summed E-state index contributed by atoms with van der Waals surface area (Å²) in [6, 6.07) is 15.4. The van der Waals surface area contributed by atoms with E-state index in [9.17, 15) is 19.4 Å². The van der Waals surface area contributed by atoms with Crippen LogP contribution in [-0.2, 0) is 13.8 Å². The van der Waals surface area contributed by atoms with E-state index in [1.807, 2.05) is 25.2 Å². The summed E-state index contributed by atoms with van der Waals surface area (Å²) in [5.74, 6) is 0.502. The molecule has 244 valence electrons. The quantitative estimate of drug-likeness (QED) is 0.143. The van der Waals surface area contributed by atoms with E-state index in [4.69, 9.17) is 19.7 Å². The Labute approximate surface area is 270 Å². The lowest BCUT2D eigenvalue weighted by molar-refractivity contribution is -0.0509. The molecule has 5 N–H and O–H groups in total. The van der Waals surface area contributed by atoms with Crippen molar-refractivity contribution in [3.8, 4) is 16.9 Å². The standard InChI is InChI=1S/C30H36N7O7PS/c1-32-46-25-6-5-19(36-12-10-35(2)11-13-36)16-21(25)18-14-22-20(4-3-8-33-22)23(15-18)42-17-24-28(44-45(40)41)27(38)29(43-24)37-9-7-26(31)34-30(37)39/h3-9,14-16,24,27-29,32,38,45H,10-13,17H2,1-2H3,(H,40,41)(H2,31,34,39)/t24-,27-,28-,29-/m1/s1. The zero-order valence-electron chi connectivity index (χ0n) is 25.3. The highest BCUT2D eigenvalue weighted by Gasteiger charge is 2.47. The Morgan fingerprint density at radius 3 is 2.72 bits per heavy atom. The Balaban J connectivity index is 1.33. The molecule has 2 saturated heterocycles. The second-order valence-electron chi connectivity index (χ2n) is 11.1. The Bertz CT molecular complexity index is 1790. The molecule has 2 aliphatic rings. The van der Waals surface area contributed by atoms with E-state index >= 15 is 0 Å². The topological polar surface area (TPSA) is 178 Å². The monoisotopic (exact) mass is 669 g/mol. The van der Waals surface area contributed by atoms with Gasteiger partial charge in [0.1, 0.15) is 36.5 Å². The molecule has 0 spiro atoms. The molecule has 2 aliphatic heterocycles. The summed E-state index contributed by atoms with van der Waals surface area (Å²) in [4.78, 5) is 36.1. The van der Waals surface area contributed by atoms with Crippen LogP contribution in [-0.4, -0.2) is 94.6 Å². The van der Waals surface area contributed by atoms with Gasteiger partial charge in [0.05, 0.1) is 5.52 Å². The number of ether oxygens (including phenoxy) is 2. The molecule has 2 fully saturated rings. The number of nitrogens with one attached hydrogen (secondary N) is 1. The molecule has 1 unspecified atom stereocenters. The molecular formula is C30H36N7O7PS. The number of aliphatic hydroxyl groups is 1. The number of rotatable bonds is 10. The second-order valence-corrected chi connectivity index (χ2v) is 12.9. The summed E-state index contributed by atoms with van der Waals surface area (Å²) < 4.78 is 33.5. The van der Waals surface area contributed by atoms with E-state index in [0.29, 0.717) is 11.3 Å². The molecule has 6 rings (SSSR count). The lowest BCUT2D eigenvalue weighted by Gasteiger charge is -2.34. The molecule has 46 heavy (non-hydrogen) atoms. The Morgan fingerprint density at radius 1 is 1.17 bits per heavy atom. The highest BCUT2D eigenvalue weighted by molar-refractivity contribution is 7.97. The van der Waals surface area contributed by atoms with Crippen molar-refractivity contribution in [3.63, 3.8) is 0 Å². The van der Waals surface area contributed by atoms with Gasteiger partial charge >= 0.3 is 13.9 Å². The fourth-order valence-corrected chi connectivity index (χ4v) is 6.93. The first-order valence-electron chi connectivity index (χ1n) is 14.7. The molecule has 0 amide bonds. The average molecular weight is 670 g/mol. The summed E-state index contributed by atoms with van der Waals surface area (Å²) >= 11 is 1.51. The molecule has 2 aromatic heterocycles. The molecule has 5 atom stereocenters. The molecule has 0 aliphatic carbocycles. The van der Waals surface area contributed by atoms with Crippen LogP contribution in [0.1, 0.15) is 6.23 Å². The normalized spacial score (nSPS) is 22.7. The van der Waals surface area contributed by atoms with Crippen LogP contribution >= 0.6 is 20.2 Å². The van der Waals surface area contributed by atoms with Crippen LogP contribution in [0.3, 0.4) is 0 Å². The number of likely N-dealkylation sites (N-methyl/N-ethyl adjacent to an activating group) is 1. The number of fused-ring (bicyclic) bond motifs is 1. The number of nitrogens with zero attached hydrogens (tertiary/aromatic N) is 5. The summed E-state index contributed by atoms with van der Waals surface area (Å²) in [5.41, 5.74) is 8.57. The van der Waals surface area contributed by atoms with Gasteiger partial charge in [0.2, 0.25) is 0 Å². The lowest BCUT2D eigenvalue weighted by Crippen LogP contribution is -2.44. The van der Waals surface area contributed by atoms with Crippen LogP contribution in [0.5, 0.6) is 5.75 Å². The van der Waals surface area contributed by atoms with E-state index in [2.05, 4.69) is 49.7 Å². The zero-order chi connectivity index (χ0) is 32.4. The maximum Gasteiger partial charge on any atom is 0.351 e. The first kappa shape index (κ1) is 32.4. The molecule has 2 aromatic carbocycles. The van der Waals surface area contributed by atoms with Crippen molar-refractivity contribution in [3.05, 3.63) is 71.4 Å². The lowest BCUT2D eigenvalue weighted by atomic mass is 10.0. The predicted molar refractivity (Wildman–Crippen MR) is 176 cm³/mol. The molecule has 4 heterocycles. The number of aromatic nitrogens is 3. The van der Waals surface area contributed by atoms with Gasteiger partial charge in [-0.3, -0.25) is 18.8 Å². The summed E-state index contributed by atoms with van der Waals surface area (Å²) in [5, 5.41) is 11.8. The Morgan fingerprint density at radius 2 is 1.98 bits per heavy atom. The third kappa shape index (κ3) is 6.92. The van der Waals surface area contributed by atoms with E-state index < -0.39 is 38.5 Å². The number of hydrogen-bond acceptors (Lipinski definition) is 13. The predicted octanol–water partition coefficient (Wildman–Crippen LogP) is 2.12. The Kier molecular flexibility index (Phi) is 9.92. The van der Waals surface area contributed by atoms with Gasteiger partial charge in [0, 0.05) is 54.5 Å². The highest BCUT2D eigenvalue weighted by Crippen LogP contribution is 2.40. The number of aliphatic hydroxyl groups excluding tert-OH is 1. The highest BCUT2D eigenvalue weighted by atomic mass is 32.2. The van der Waals surface area contributed by atoms with Gasteiger partial charge in [0.15, 0.2) is 6.23 Å². The first-order valence-corrected chi connectivity index (χ1v) is 16.8. The van der Waals surface area contributed by atoms with E-state index in [1.165, 1.54) is 24.2 Å². The van der Waals surface area contributed by atoms with Crippen LogP contribution in [0.25, 0.3) is 22.0 Å². The zero-order valence-corrected chi connectivity index (χ0v) is 27.1. The number of benzene rings is 2. The van der Waals surface area contributed by atoms with Crippen LogP contribution < -0.4 is 25.8 Å². The van der Waals surface area contributed by atoms with Crippen LogP contribution in [0, 0.1) is 0 Å². The summed E-state index contributed by atoms with van der Waals surface area (Å²) in [6.07, 6.45) is -1.96. The number of anilines is 2. The average Bonchev–Trinajstić information content (AvgIpc) is 3.34. The van der Waals surface area contributed by atoms with Crippen molar-refractivity contribution >= 4 is 42.6 Å². The number of hydrogen-bond donors (Lipinski definition) is 4. The van der Waals surface area contributed by atoms with Gasteiger partial charge in [-0.05, 0) is 85.7 Å². The summed E-state index contributed by atoms with van der Waals surface area (Å²) in [7, 11) is 0.519. The fourth-order valence-electron chi connectivity index (χ4n) is 5.76. The van der Waals surface area contributed by atoms with Gasteiger partial charge < -0.3 is 39.5 Å². The van der Waals surface area contributed by atoms with Gasteiger partial charge in [-0.15, -0.1) is 0 Å². The van der Waals surface area contributed by atoms with Crippen molar-refractivity contribution in [2.75, 3.05) is 57.5 Å². The fraction of sp³-hybridized carbons (Fsp3) is 0.367. The molecule has 16 heteroatoms. The van der Waals surface area contributed by atoms with Gasteiger partial charge in [-0.2, -0.15) is 4.98 Å². The molecular weight excluding hydrogens is 633 g/mol. The smallest absolute Gasteiger partial charge is 0.351 e. The molecule has 0 saturated carbocycles. The first-order chi connectivity index (χ1) is 22.2. The third-order valence-corrected chi connectivity index (χ3v) is 9.37. The maximum atomic E-state index is 12.5. The number of piperazine rings is 1. The largest absolute Gasteiger partial charge is 0.490 e. The summed E-state index contributed by atoms with van der Waals surface area (Å²) in [6.45, 7) is 3.66. The van der Waals surface area contributed by atoms with Crippen LogP contribution in [0.4, 0.5) is 11.5 Å². The molecule has 4 aromatic rings. The van der Waals surface area contributed by atoms with Crippen molar-refractivity contribution in [2.24, 2.45) is 0 Å². The number of pyridine rings is 1. The van der Waals surface area contributed by atoms with Crippen LogP contribution in [0.2, 0.25) is 0 Å². The maximum absolute atomic E-state index is 12.5. The minimum atomic E-state index is -3.48. The van der Waals surface area contributed by atoms with Gasteiger partial charge in [-0.1, -0.05) is 0 Å². The molecule has 14 nitrogen and oxygen atoms in total. The van der Waals surface area contributed by atoms with E-state index in [1.54, 1.807) is 12.3 Å². The van der Waals surface area contributed by atoms with E-state index in [0.717, 1.165) is 57.8 Å². The van der Waals surface area contributed by atoms with Gasteiger partial charge in [-0.25, -0.2) is 4.79 Å².